The summed E-state index contributed by atoms with van der Waals surface area (Å²) in [5, 5.41) is 2.69. The number of hydrogen-bond acceptors (Lipinski definition) is 3. The molecule has 0 saturated heterocycles. The minimum Gasteiger partial charge on any atom is -0.406 e. The average molecular weight is 290 g/mol. The van der Waals surface area contributed by atoms with Gasteiger partial charge in [-0.25, -0.2) is 0 Å². The van der Waals surface area contributed by atoms with Crippen molar-refractivity contribution in [1.82, 2.24) is 5.32 Å². The van der Waals surface area contributed by atoms with Crippen LogP contribution in [0.4, 0.5) is 13.2 Å². The molecule has 20 heavy (non-hydrogen) atoms. The van der Waals surface area contributed by atoms with Gasteiger partial charge in [-0.1, -0.05) is 19.1 Å². The minimum atomic E-state index is -4.70. The third-order valence-electron chi connectivity index (χ3n) is 2.77. The highest BCUT2D eigenvalue weighted by molar-refractivity contribution is 5.78. The number of rotatable bonds is 6. The number of nitrogens with one attached hydrogen (secondary N) is 1. The fraction of sp³-hybridized carbons (Fsp3) is 0.462. The molecule has 0 bridgehead atoms. The average Bonchev–Trinajstić information content (AvgIpc) is 2.37. The Kier molecular flexibility index (Phi) is 5.82. The molecule has 0 aliphatic rings. The van der Waals surface area contributed by atoms with E-state index in [-0.39, 0.29) is 30.7 Å². The van der Waals surface area contributed by atoms with E-state index in [1.54, 1.807) is 0 Å². The molecule has 0 radical (unpaired) electrons. The van der Waals surface area contributed by atoms with Crippen LogP contribution in [0, 0.1) is 5.92 Å². The second-order valence-corrected chi connectivity index (χ2v) is 4.25. The van der Waals surface area contributed by atoms with Crippen molar-refractivity contribution < 1.29 is 22.7 Å². The molecule has 0 heterocycles. The van der Waals surface area contributed by atoms with E-state index >= 15 is 0 Å². The molecule has 1 rings (SSSR count). The van der Waals surface area contributed by atoms with Crippen molar-refractivity contribution in [3.05, 3.63) is 29.8 Å². The molecular formula is C13H17F3N2O2. The van der Waals surface area contributed by atoms with E-state index < -0.39 is 6.36 Å². The Labute approximate surface area is 115 Å². The first kappa shape index (κ1) is 16.3. The fourth-order valence-corrected chi connectivity index (χ4v) is 1.60. The summed E-state index contributed by atoms with van der Waals surface area (Å²) in [5.74, 6) is -0.700. The normalized spacial score (nSPS) is 12.8. The van der Waals surface area contributed by atoms with E-state index in [2.05, 4.69) is 10.1 Å². The maximum Gasteiger partial charge on any atom is 0.573 e. The SMILES string of the molecule is CCC(CN)C(=O)NCc1ccc(OC(F)(F)F)cc1. The van der Waals surface area contributed by atoms with Crippen LogP contribution in [0.25, 0.3) is 0 Å². The van der Waals surface area contributed by atoms with Crippen LogP contribution < -0.4 is 15.8 Å². The molecule has 0 aliphatic heterocycles. The van der Waals surface area contributed by atoms with Gasteiger partial charge < -0.3 is 15.8 Å². The third-order valence-corrected chi connectivity index (χ3v) is 2.77. The number of hydrogen-bond donors (Lipinski definition) is 2. The van der Waals surface area contributed by atoms with Gasteiger partial charge in [-0.3, -0.25) is 4.79 Å². The number of benzene rings is 1. The standard InChI is InChI=1S/C13H17F3N2O2/c1-2-10(7-17)12(19)18-8-9-3-5-11(6-4-9)20-13(14,15)16/h3-6,10H,2,7-8,17H2,1H3,(H,18,19). The molecule has 0 aliphatic carbocycles. The van der Waals surface area contributed by atoms with Crippen LogP contribution in [0.2, 0.25) is 0 Å². The minimum absolute atomic E-state index is 0.161. The summed E-state index contributed by atoms with van der Waals surface area (Å²) >= 11 is 0. The molecule has 0 spiro atoms. The molecule has 0 saturated carbocycles. The smallest absolute Gasteiger partial charge is 0.406 e. The van der Waals surface area contributed by atoms with Crippen LogP contribution in [0.1, 0.15) is 18.9 Å². The van der Waals surface area contributed by atoms with Crippen LogP contribution in [0.15, 0.2) is 24.3 Å². The number of ether oxygens (including phenoxy) is 1. The lowest BCUT2D eigenvalue weighted by atomic mass is 10.1. The lowest BCUT2D eigenvalue weighted by molar-refractivity contribution is -0.274. The molecule has 1 unspecified atom stereocenters. The first-order valence-electron chi connectivity index (χ1n) is 6.18. The molecule has 0 aromatic heterocycles. The largest absolute Gasteiger partial charge is 0.573 e. The van der Waals surface area contributed by atoms with Gasteiger partial charge in [0, 0.05) is 19.0 Å². The van der Waals surface area contributed by atoms with Crippen LogP contribution in [0.3, 0.4) is 0 Å². The molecule has 4 nitrogen and oxygen atoms in total. The highest BCUT2D eigenvalue weighted by Gasteiger charge is 2.30. The monoisotopic (exact) mass is 290 g/mol. The summed E-state index contributed by atoms with van der Waals surface area (Å²) < 4.78 is 39.7. The third kappa shape index (κ3) is 5.48. The first-order valence-corrected chi connectivity index (χ1v) is 6.18. The van der Waals surface area contributed by atoms with Gasteiger partial charge in [-0.2, -0.15) is 0 Å². The lowest BCUT2D eigenvalue weighted by Gasteiger charge is -2.13. The number of alkyl halides is 3. The number of carbonyl (C=O) groups is 1. The van der Waals surface area contributed by atoms with Gasteiger partial charge in [0.1, 0.15) is 5.75 Å². The predicted molar refractivity (Wildman–Crippen MR) is 67.8 cm³/mol. The number of nitrogens with two attached hydrogens (primary N) is 1. The summed E-state index contributed by atoms with van der Waals surface area (Å²) in [4.78, 5) is 11.7. The van der Waals surface area contributed by atoms with E-state index in [0.29, 0.717) is 12.0 Å². The molecule has 3 N–H and O–H groups in total. The molecule has 1 aromatic carbocycles. The second kappa shape index (κ2) is 7.14. The van der Waals surface area contributed by atoms with Gasteiger partial charge in [0.25, 0.3) is 0 Å². The molecule has 1 atom stereocenters. The summed E-state index contributed by atoms with van der Waals surface area (Å²) in [6.45, 7) is 2.36. The van der Waals surface area contributed by atoms with Crippen molar-refractivity contribution in [2.45, 2.75) is 26.3 Å². The van der Waals surface area contributed by atoms with Gasteiger partial charge in [0.15, 0.2) is 0 Å². The van der Waals surface area contributed by atoms with Gasteiger partial charge in [-0.15, -0.1) is 13.2 Å². The van der Waals surface area contributed by atoms with Crippen molar-refractivity contribution in [3.63, 3.8) is 0 Å². The highest BCUT2D eigenvalue weighted by Crippen LogP contribution is 2.22. The molecule has 7 heteroatoms. The molecule has 0 fully saturated rings. The summed E-state index contributed by atoms with van der Waals surface area (Å²) in [5.41, 5.74) is 6.13. The van der Waals surface area contributed by atoms with Gasteiger partial charge in [0.2, 0.25) is 5.91 Å². The maximum atomic E-state index is 12.0. The van der Waals surface area contributed by atoms with Crippen molar-refractivity contribution in [2.75, 3.05) is 6.54 Å². The lowest BCUT2D eigenvalue weighted by Crippen LogP contribution is -2.34. The van der Waals surface area contributed by atoms with E-state index in [4.69, 9.17) is 5.73 Å². The van der Waals surface area contributed by atoms with Gasteiger partial charge in [-0.05, 0) is 24.1 Å². The Morgan fingerprint density at radius 3 is 2.40 bits per heavy atom. The molecule has 1 amide bonds. The second-order valence-electron chi connectivity index (χ2n) is 4.25. The topological polar surface area (TPSA) is 64.4 Å². The highest BCUT2D eigenvalue weighted by atomic mass is 19.4. The van der Waals surface area contributed by atoms with Crippen molar-refractivity contribution in [3.8, 4) is 5.75 Å². The summed E-state index contributed by atoms with van der Waals surface area (Å²) in [7, 11) is 0. The first-order chi connectivity index (χ1) is 9.35. The number of amides is 1. The maximum absolute atomic E-state index is 12.0. The summed E-state index contributed by atoms with van der Waals surface area (Å²) in [6, 6.07) is 5.33. The fourth-order valence-electron chi connectivity index (χ4n) is 1.60. The van der Waals surface area contributed by atoms with Crippen LogP contribution in [-0.4, -0.2) is 18.8 Å². The Balaban J connectivity index is 2.52. The van der Waals surface area contributed by atoms with E-state index in [1.165, 1.54) is 24.3 Å². The predicted octanol–water partition coefficient (Wildman–Crippen LogP) is 2.19. The van der Waals surface area contributed by atoms with E-state index in [0.717, 1.165) is 0 Å². The molecular weight excluding hydrogens is 273 g/mol. The molecule has 112 valence electrons. The number of carbonyl (C=O) groups excluding carboxylic acids is 1. The van der Waals surface area contributed by atoms with Gasteiger partial charge in [0.05, 0.1) is 0 Å². The van der Waals surface area contributed by atoms with Crippen molar-refractivity contribution in [2.24, 2.45) is 11.7 Å². The zero-order chi connectivity index (χ0) is 15.2. The zero-order valence-electron chi connectivity index (χ0n) is 11.0. The quantitative estimate of drug-likeness (QED) is 0.844. The van der Waals surface area contributed by atoms with Crippen LogP contribution >= 0.6 is 0 Å². The Morgan fingerprint density at radius 1 is 1.35 bits per heavy atom. The van der Waals surface area contributed by atoms with E-state index in [9.17, 15) is 18.0 Å². The van der Waals surface area contributed by atoms with E-state index in [1.807, 2.05) is 6.92 Å². The Bertz CT molecular complexity index is 428. The van der Waals surface area contributed by atoms with Crippen LogP contribution in [-0.2, 0) is 11.3 Å². The zero-order valence-corrected chi connectivity index (χ0v) is 11.0. The number of halogens is 3. The van der Waals surface area contributed by atoms with Crippen LogP contribution in [0.5, 0.6) is 5.75 Å². The van der Waals surface area contributed by atoms with Crippen molar-refractivity contribution >= 4 is 5.91 Å². The van der Waals surface area contributed by atoms with Gasteiger partial charge >= 0.3 is 6.36 Å². The Hall–Kier alpha value is -1.76. The molecule has 1 aromatic rings. The summed E-state index contributed by atoms with van der Waals surface area (Å²) in [6.07, 6.45) is -4.06. The Morgan fingerprint density at radius 2 is 1.95 bits per heavy atom. The van der Waals surface area contributed by atoms with Crippen molar-refractivity contribution in [1.29, 1.82) is 0 Å².